The molecule has 0 unspecified atom stereocenters. The zero-order chi connectivity index (χ0) is 10.5. The third-order valence-corrected chi connectivity index (χ3v) is 1.17. The summed E-state index contributed by atoms with van der Waals surface area (Å²) in [7, 11) is 4.12. The fourth-order valence-electron chi connectivity index (χ4n) is 0.637. The lowest BCUT2D eigenvalue weighted by molar-refractivity contribution is 0.403. The van der Waals surface area contributed by atoms with Crippen LogP contribution < -0.4 is 0 Å². The van der Waals surface area contributed by atoms with Gasteiger partial charge in [0.2, 0.25) is 0 Å². The van der Waals surface area contributed by atoms with E-state index in [1.165, 1.54) is 0 Å². The second kappa shape index (κ2) is 13.7. The Morgan fingerprint density at radius 1 is 1.23 bits per heavy atom. The Morgan fingerprint density at radius 2 is 1.85 bits per heavy atom. The fraction of sp³-hybridized carbons (Fsp3) is 0.700. The van der Waals surface area contributed by atoms with Gasteiger partial charge in [-0.2, -0.15) is 0 Å². The third kappa shape index (κ3) is 18.2. The monoisotopic (exact) mass is 183 g/mol. The molecule has 0 rings (SSSR count). The van der Waals surface area contributed by atoms with Gasteiger partial charge in [-0.25, -0.2) is 9.98 Å². The SMILES string of the molecule is C=C.CCN=C=NCCCN(C)C. The molecule has 13 heavy (non-hydrogen) atoms. The van der Waals surface area contributed by atoms with Crippen molar-refractivity contribution in [2.75, 3.05) is 33.7 Å². The minimum atomic E-state index is 0.775. The van der Waals surface area contributed by atoms with Crippen molar-refractivity contribution < 1.29 is 0 Å². The van der Waals surface area contributed by atoms with Crippen LogP contribution in [-0.4, -0.2) is 44.6 Å². The molecule has 0 aromatic carbocycles. The first kappa shape index (κ1) is 14.6. The van der Waals surface area contributed by atoms with Crippen LogP contribution in [0.4, 0.5) is 0 Å². The molecule has 0 aliphatic heterocycles. The van der Waals surface area contributed by atoms with Gasteiger partial charge in [0, 0.05) is 6.54 Å². The van der Waals surface area contributed by atoms with Gasteiger partial charge in [-0.15, -0.1) is 13.2 Å². The van der Waals surface area contributed by atoms with E-state index in [9.17, 15) is 0 Å². The molecule has 0 amide bonds. The highest BCUT2D eigenvalue weighted by atomic mass is 15.0. The molecule has 3 nitrogen and oxygen atoms in total. The van der Waals surface area contributed by atoms with E-state index in [1.54, 1.807) is 0 Å². The average molecular weight is 183 g/mol. The highest BCUT2D eigenvalue weighted by Gasteiger charge is 1.86. The van der Waals surface area contributed by atoms with Crippen LogP contribution in [0.5, 0.6) is 0 Å². The molecule has 0 bridgehead atoms. The van der Waals surface area contributed by atoms with Gasteiger partial charge in [0.05, 0.1) is 12.6 Å². The maximum atomic E-state index is 3.99. The number of nitrogens with zero attached hydrogens (tertiary/aromatic N) is 3. The molecule has 0 saturated carbocycles. The first-order valence-corrected chi connectivity index (χ1v) is 4.50. The molecule has 0 saturated heterocycles. The standard InChI is InChI=1S/C8H17N3.C2H4/c1-4-9-8-10-6-5-7-11(2)3;1-2/h4-7H2,1-3H3;1-2H2. The van der Waals surface area contributed by atoms with Gasteiger partial charge in [0.1, 0.15) is 0 Å². The highest BCUT2D eigenvalue weighted by molar-refractivity contribution is 5.40. The Bertz CT molecular complexity index is 146. The van der Waals surface area contributed by atoms with Crippen LogP contribution in [0, 0.1) is 0 Å². The Labute approximate surface area is 81.9 Å². The molecule has 0 heterocycles. The van der Waals surface area contributed by atoms with E-state index in [1.807, 2.05) is 6.92 Å². The summed E-state index contributed by atoms with van der Waals surface area (Å²) in [6, 6.07) is 2.64. The summed E-state index contributed by atoms with van der Waals surface area (Å²) in [6.45, 7) is 10.7. The molecule has 0 aliphatic rings. The van der Waals surface area contributed by atoms with Crippen molar-refractivity contribution in [3.8, 4) is 0 Å². The molecule has 76 valence electrons. The van der Waals surface area contributed by atoms with E-state index in [4.69, 9.17) is 0 Å². The van der Waals surface area contributed by atoms with Gasteiger partial charge in [-0.05, 0) is 34.0 Å². The topological polar surface area (TPSA) is 28.0 Å². The van der Waals surface area contributed by atoms with Gasteiger partial charge in [0.15, 0.2) is 0 Å². The van der Waals surface area contributed by atoms with Crippen LogP contribution in [0.2, 0.25) is 0 Å². The van der Waals surface area contributed by atoms with E-state index < -0.39 is 0 Å². The number of hydrogen-bond donors (Lipinski definition) is 0. The molecular weight excluding hydrogens is 162 g/mol. The highest BCUT2D eigenvalue weighted by Crippen LogP contribution is 1.82. The minimum absolute atomic E-state index is 0.775. The summed E-state index contributed by atoms with van der Waals surface area (Å²) in [5.41, 5.74) is 0. The lowest BCUT2D eigenvalue weighted by atomic mass is 10.4. The van der Waals surface area contributed by atoms with Crippen LogP contribution in [-0.2, 0) is 0 Å². The Hall–Kier alpha value is -0.920. The first-order valence-electron chi connectivity index (χ1n) is 4.50. The first-order chi connectivity index (χ1) is 6.27. The van der Waals surface area contributed by atoms with Gasteiger partial charge in [-0.3, -0.25) is 0 Å². The van der Waals surface area contributed by atoms with Crippen LogP contribution in [0.15, 0.2) is 23.1 Å². The average Bonchev–Trinajstić information content (AvgIpc) is 2.14. The van der Waals surface area contributed by atoms with E-state index >= 15 is 0 Å². The summed E-state index contributed by atoms with van der Waals surface area (Å²) in [5.74, 6) is 0. The molecule has 0 spiro atoms. The molecule has 0 aliphatic carbocycles. The molecule has 0 aromatic rings. The predicted molar refractivity (Wildman–Crippen MR) is 59.7 cm³/mol. The normalized spacial score (nSPS) is 8.31. The van der Waals surface area contributed by atoms with Crippen molar-refractivity contribution in [3.63, 3.8) is 0 Å². The fourth-order valence-corrected chi connectivity index (χ4v) is 0.637. The van der Waals surface area contributed by atoms with E-state index in [2.05, 4.69) is 48.1 Å². The number of hydrogen-bond acceptors (Lipinski definition) is 3. The van der Waals surface area contributed by atoms with Crippen LogP contribution in [0.3, 0.4) is 0 Å². The quantitative estimate of drug-likeness (QED) is 0.363. The second-order valence-electron chi connectivity index (χ2n) is 2.61. The van der Waals surface area contributed by atoms with Crippen LogP contribution in [0.1, 0.15) is 13.3 Å². The molecule has 0 radical (unpaired) electrons. The molecule has 0 N–H and O–H groups in total. The summed E-state index contributed by atoms with van der Waals surface area (Å²) < 4.78 is 0. The maximum Gasteiger partial charge on any atom is 0.0892 e. The van der Waals surface area contributed by atoms with Crippen LogP contribution >= 0.6 is 0 Å². The lowest BCUT2D eigenvalue weighted by Crippen LogP contribution is -2.13. The molecule has 0 aromatic heterocycles. The minimum Gasteiger partial charge on any atom is -0.309 e. The maximum absolute atomic E-state index is 3.99. The Balaban J connectivity index is 0. The van der Waals surface area contributed by atoms with E-state index in [0.29, 0.717) is 0 Å². The van der Waals surface area contributed by atoms with E-state index in [0.717, 1.165) is 26.1 Å². The third-order valence-electron chi connectivity index (χ3n) is 1.17. The van der Waals surface area contributed by atoms with Crippen LogP contribution in [0.25, 0.3) is 0 Å². The van der Waals surface area contributed by atoms with Crippen molar-refractivity contribution in [1.82, 2.24) is 4.90 Å². The number of aliphatic imine (C=N–C) groups is 2. The van der Waals surface area contributed by atoms with Crippen molar-refractivity contribution >= 4 is 6.01 Å². The van der Waals surface area contributed by atoms with Gasteiger partial charge < -0.3 is 4.90 Å². The zero-order valence-electron chi connectivity index (χ0n) is 9.08. The molecule has 0 fully saturated rings. The Kier molecular flexibility index (Phi) is 15.3. The number of rotatable bonds is 5. The lowest BCUT2D eigenvalue weighted by Gasteiger charge is -2.05. The van der Waals surface area contributed by atoms with Crippen molar-refractivity contribution in [1.29, 1.82) is 0 Å². The summed E-state index contributed by atoms with van der Waals surface area (Å²) >= 11 is 0. The van der Waals surface area contributed by atoms with Crippen molar-refractivity contribution in [2.24, 2.45) is 9.98 Å². The Morgan fingerprint density at radius 3 is 2.31 bits per heavy atom. The second-order valence-corrected chi connectivity index (χ2v) is 2.61. The van der Waals surface area contributed by atoms with Gasteiger partial charge in [0.25, 0.3) is 0 Å². The summed E-state index contributed by atoms with van der Waals surface area (Å²) in [4.78, 5) is 9.99. The molecule has 0 atom stereocenters. The summed E-state index contributed by atoms with van der Waals surface area (Å²) in [5, 5.41) is 0. The van der Waals surface area contributed by atoms with Crippen molar-refractivity contribution in [2.45, 2.75) is 13.3 Å². The van der Waals surface area contributed by atoms with Gasteiger partial charge >= 0.3 is 0 Å². The van der Waals surface area contributed by atoms with Crippen molar-refractivity contribution in [3.05, 3.63) is 13.2 Å². The molecule has 3 heteroatoms. The zero-order valence-corrected chi connectivity index (χ0v) is 9.08. The smallest absolute Gasteiger partial charge is 0.0892 e. The van der Waals surface area contributed by atoms with Gasteiger partial charge in [-0.1, -0.05) is 0 Å². The predicted octanol–water partition coefficient (Wildman–Crippen LogP) is 1.93. The molecular formula is C10H21N3. The largest absolute Gasteiger partial charge is 0.309 e. The summed E-state index contributed by atoms with van der Waals surface area (Å²) in [6.07, 6.45) is 1.08. The van der Waals surface area contributed by atoms with E-state index in [-0.39, 0.29) is 0 Å².